The summed E-state index contributed by atoms with van der Waals surface area (Å²) in [6, 6.07) is 5.58. The van der Waals surface area contributed by atoms with Crippen LogP contribution in [0.5, 0.6) is 0 Å². The molecule has 1 rings (SSSR count). The maximum absolute atomic E-state index is 13.6. The highest BCUT2D eigenvalue weighted by atomic mass is 32.2. The molecule has 1 atom stereocenters. The van der Waals surface area contributed by atoms with Gasteiger partial charge in [-0.05, 0) is 88.3 Å². The van der Waals surface area contributed by atoms with Crippen LogP contribution in [-0.4, -0.2) is 84.6 Å². The normalized spacial score (nSPS) is 13.8. The number of ether oxygens (including phenoxy) is 3. The first kappa shape index (κ1) is 34.5. The molecule has 0 fully saturated rings. The van der Waals surface area contributed by atoms with Gasteiger partial charge in [0.2, 0.25) is 10.0 Å². The molecular formula is C28H46N2O8S. The van der Waals surface area contributed by atoms with Gasteiger partial charge in [-0.2, -0.15) is 4.31 Å². The van der Waals surface area contributed by atoms with Crippen molar-refractivity contribution in [1.82, 2.24) is 9.21 Å². The molecule has 0 bridgehead atoms. The smallest absolute Gasteiger partial charge is 0.321 e. The van der Waals surface area contributed by atoms with Gasteiger partial charge in [-0.25, -0.2) is 8.42 Å². The summed E-state index contributed by atoms with van der Waals surface area (Å²) in [5.74, 6) is -1.90. The molecular weight excluding hydrogens is 524 g/mol. The van der Waals surface area contributed by atoms with Crippen LogP contribution in [0.25, 0.3) is 0 Å². The highest BCUT2D eigenvalue weighted by Gasteiger charge is 2.33. The van der Waals surface area contributed by atoms with E-state index in [0.717, 1.165) is 9.87 Å². The Hall–Kier alpha value is -2.50. The molecule has 1 aromatic rings. The Labute approximate surface area is 234 Å². The quantitative estimate of drug-likeness (QED) is 0.290. The summed E-state index contributed by atoms with van der Waals surface area (Å²) in [5, 5.41) is 0. The Bertz CT molecular complexity index is 1060. The van der Waals surface area contributed by atoms with E-state index in [4.69, 9.17) is 14.2 Å². The minimum atomic E-state index is -4.14. The van der Waals surface area contributed by atoms with Crippen LogP contribution in [0, 0.1) is 6.92 Å². The molecule has 0 N–H and O–H groups in total. The number of hydrogen-bond donors (Lipinski definition) is 0. The second kappa shape index (κ2) is 13.2. The maximum Gasteiger partial charge on any atom is 0.321 e. The standard InChI is InChI=1S/C28H46N2O8S/c1-20-12-14-22(15-13-20)39(34,35)30(19-25(33)38-28(9,10)11)16-21(2)29(17-23(31)36-26(3,4)5)18-24(32)37-27(6,7)8/h12-15,21H,16-19H2,1-11H3/t21-/m0/s1. The molecule has 1 aromatic carbocycles. The zero-order valence-electron chi connectivity index (χ0n) is 25.3. The fourth-order valence-electron chi connectivity index (χ4n) is 3.48. The number of esters is 3. The van der Waals surface area contributed by atoms with Crippen LogP contribution in [0.15, 0.2) is 29.2 Å². The molecule has 0 aliphatic carbocycles. The molecule has 0 radical (unpaired) electrons. The van der Waals surface area contributed by atoms with Gasteiger partial charge in [0.1, 0.15) is 23.3 Å². The molecule has 10 nitrogen and oxygen atoms in total. The van der Waals surface area contributed by atoms with E-state index in [9.17, 15) is 22.8 Å². The summed E-state index contributed by atoms with van der Waals surface area (Å²) in [6.07, 6.45) is 0. The van der Waals surface area contributed by atoms with Crippen LogP contribution in [0.2, 0.25) is 0 Å². The second-order valence-corrected chi connectivity index (χ2v) is 14.6. The maximum atomic E-state index is 13.6. The van der Waals surface area contributed by atoms with Crippen molar-refractivity contribution in [2.75, 3.05) is 26.2 Å². The van der Waals surface area contributed by atoms with Crippen LogP contribution < -0.4 is 0 Å². The second-order valence-electron chi connectivity index (χ2n) is 12.6. The van der Waals surface area contributed by atoms with E-state index >= 15 is 0 Å². The van der Waals surface area contributed by atoms with Crippen molar-refractivity contribution in [2.45, 2.75) is 104 Å². The summed E-state index contributed by atoms with van der Waals surface area (Å²) in [4.78, 5) is 39.6. The van der Waals surface area contributed by atoms with Crippen molar-refractivity contribution < 1.29 is 37.0 Å². The number of benzene rings is 1. The predicted octanol–water partition coefficient (Wildman–Crippen LogP) is 3.70. The number of sulfonamides is 1. The third-order valence-corrected chi connectivity index (χ3v) is 6.81. The lowest BCUT2D eigenvalue weighted by Gasteiger charge is -2.33. The first-order valence-electron chi connectivity index (χ1n) is 12.9. The molecule has 0 aromatic heterocycles. The Kier molecular flexibility index (Phi) is 11.7. The summed E-state index contributed by atoms with van der Waals surface area (Å²) < 4.78 is 44.5. The van der Waals surface area contributed by atoms with Gasteiger partial charge >= 0.3 is 17.9 Å². The molecule has 0 heterocycles. The highest BCUT2D eigenvalue weighted by Crippen LogP contribution is 2.20. The zero-order chi connectivity index (χ0) is 30.4. The van der Waals surface area contributed by atoms with Gasteiger partial charge in [0.05, 0.1) is 18.0 Å². The lowest BCUT2D eigenvalue weighted by atomic mass is 10.2. The summed E-state index contributed by atoms with van der Waals surface area (Å²) in [5.41, 5.74) is -1.45. The van der Waals surface area contributed by atoms with E-state index in [1.807, 2.05) is 6.92 Å². The Morgan fingerprint density at radius 3 is 1.44 bits per heavy atom. The van der Waals surface area contributed by atoms with Crippen LogP contribution in [0.3, 0.4) is 0 Å². The Morgan fingerprint density at radius 2 is 1.08 bits per heavy atom. The minimum absolute atomic E-state index is 0.00898. The van der Waals surface area contributed by atoms with E-state index in [-0.39, 0.29) is 24.5 Å². The molecule has 11 heteroatoms. The highest BCUT2D eigenvalue weighted by molar-refractivity contribution is 7.89. The molecule has 0 saturated carbocycles. The summed E-state index contributed by atoms with van der Waals surface area (Å²) in [7, 11) is -4.14. The van der Waals surface area contributed by atoms with E-state index < -0.39 is 57.3 Å². The Morgan fingerprint density at radius 1 is 0.718 bits per heavy atom. The average Bonchev–Trinajstić information content (AvgIpc) is 2.68. The Balaban J connectivity index is 3.36. The number of hydrogen-bond acceptors (Lipinski definition) is 9. The van der Waals surface area contributed by atoms with Gasteiger partial charge in [-0.1, -0.05) is 17.7 Å². The van der Waals surface area contributed by atoms with E-state index in [2.05, 4.69) is 0 Å². The van der Waals surface area contributed by atoms with Crippen LogP contribution in [-0.2, 0) is 38.6 Å². The lowest BCUT2D eigenvalue weighted by Crippen LogP contribution is -2.50. The topological polar surface area (TPSA) is 120 Å². The lowest BCUT2D eigenvalue weighted by molar-refractivity contribution is -0.162. The van der Waals surface area contributed by atoms with Crippen molar-refractivity contribution in [2.24, 2.45) is 0 Å². The molecule has 222 valence electrons. The van der Waals surface area contributed by atoms with E-state index in [1.54, 1.807) is 81.4 Å². The van der Waals surface area contributed by atoms with Gasteiger partial charge in [0.15, 0.2) is 0 Å². The molecule has 0 unspecified atom stereocenters. The molecule has 39 heavy (non-hydrogen) atoms. The van der Waals surface area contributed by atoms with Crippen molar-refractivity contribution in [3.8, 4) is 0 Å². The zero-order valence-corrected chi connectivity index (χ0v) is 26.1. The van der Waals surface area contributed by atoms with Crippen LogP contribution >= 0.6 is 0 Å². The molecule has 0 aliphatic heterocycles. The van der Waals surface area contributed by atoms with Crippen molar-refractivity contribution in [3.05, 3.63) is 29.8 Å². The van der Waals surface area contributed by atoms with Gasteiger partial charge in [-0.3, -0.25) is 19.3 Å². The van der Waals surface area contributed by atoms with Crippen LogP contribution in [0.1, 0.15) is 74.8 Å². The van der Waals surface area contributed by atoms with Crippen molar-refractivity contribution in [3.63, 3.8) is 0 Å². The first-order chi connectivity index (χ1) is 17.5. The largest absolute Gasteiger partial charge is 0.459 e. The molecule has 0 saturated heterocycles. The molecule has 0 aliphatic rings. The molecule has 0 spiro atoms. The number of nitrogens with zero attached hydrogens (tertiary/aromatic N) is 2. The summed E-state index contributed by atoms with van der Waals surface area (Å²) in [6.45, 7) is 17.6. The number of aryl methyl sites for hydroxylation is 1. The van der Waals surface area contributed by atoms with E-state index in [1.165, 1.54) is 17.0 Å². The van der Waals surface area contributed by atoms with Crippen molar-refractivity contribution in [1.29, 1.82) is 0 Å². The fraction of sp³-hybridized carbons (Fsp3) is 0.679. The summed E-state index contributed by atoms with van der Waals surface area (Å²) >= 11 is 0. The fourth-order valence-corrected chi connectivity index (χ4v) is 4.95. The number of carbonyl (C=O) groups excluding carboxylic acids is 3. The number of rotatable bonds is 11. The van der Waals surface area contributed by atoms with Crippen LogP contribution in [0.4, 0.5) is 0 Å². The van der Waals surface area contributed by atoms with Gasteiger partial charge in [-0.15, -0.1) is 0 Å². The van der Waals surface area contributed by atoms with Gasteiger partial charge in [0, 0.05) is 12.6 Å². The minimum Gasteiger partial charge on any atom is -0.459 e. The van der Waals surface area contributed by atoms with Gasteiger partial charge in [0.25, 0.3) is 0 Å². The number of carbonyl (C=O) groups is 3. The average molecular weight is 571 g/mol. The van der Waals surface area contributed by atoms with Gasteiger partial charge < -0.3 is 14.2 Å². The SMILES string of the molecule is Cc1ccc(S(=O)(=O)N(CC(=O)OC(C)(C)C)C[C@H](C)N(CC(=O)OC(C)(C)C)CC(=O)OC(C)(C)C)cc1. The molecule has 0 amide bonds. The van der Waals surface area contributed by atoms with Crippen molar-refractivity contribution >= 4 is 27.9 Å². The third-order valence-electron chi connectivity index (χ3n) is 4.98. The monoisotopic (exact) mass is 570 g/mol. The third kappa shape index (κ3) is 13.4. The van der Waals surface area contributed by atoms with E-state index in [0.29, 0.717) is 0 Å². The first-order valence-corrected chi connectivity index (χ1v) is 14.4. The predicted molar refractivity (Wildman–Crippen MR) is 149 cm³/mol.